The van der Waals surface area contributed by atoms with Gasteiger partial charge >= 0.3 is 0 Å². The Kier molecular flexibility index (Phi) is 3.16. The van der Waals surface area contributed by atoms with Crippen LogP contribution in [0.2, 0.25) is 5.02 Å². The molecule has 0 unspecified atom stereocenters. The van der Waals surface area contributed by atoms with Gasteiger partial charge in [-0.25, -0.2) is 13.8 Å². The predicted molar refractivity (Wildman–Crippen MR) is 68.8 cm³/mol. The molecule has 1 aromatic carbocycles. The van der Waals surface area contributed by atoms with Gasteiger partial charge in [-0.3, -0.25) is 0 Å². The summed E-state index contributed by atoms with van der Waals surface area (Å²) in [6.07, 6.45) is -2.65. The molecule has 0 atom stereocenters. The van der Waals surface area contributed by atoms with Crippen molar-refractivity contribution in [3.8, 4) is 0 Å². The molecule has 0 fully saturated rings. The smallest absolute Gasteiger partial charge is 0.280 e. The minimum atomic E-state index is -2.65. The van der Waals surface area contributed by atoms with Gasteiger partial charge in [0.05, 0.1) is 10.5 Å². The van der Waals surface area contributed by atoms with Gasteiger partial charge in [-0.05, 0) is 40.8 Å². The van der Waals surface area contributed by atoms with Crippen LogP contribution in [0, 0.1) is 3.57 Å². The molecule has 0 aliphatic heterocycles. The number of benzene rings is 1. The number of nitrogens with two attached hydrogens (primary N) is 1. The Morgan fingerprint density at radius 3 is 2.62 bits per heavy atom. The zero-order valence-corrected chi connectivity index (χ0v) is 10.8. The summed E-state index contributed by atoms with van der Waals surface area (Å²) in [4.78, 5) is 3.81. The molecule has 6 heteroatoms. The molecule has 0 aliphatic rings. The van der Waals surface area contributed by atoms with Gasteiger partial charge in [0.1, 0.15) is 5.69 Å². The monoisotopic (exact) mass is 354 g/mol. The second-order valence-corrected chi connectivity index (χ2v) is 4.87. The first-order valence-corrected chi connectivity index (χ1v) is 5.78. The number of aromatic nitrogens is 1. The van der Waals surface area contributed by atoms with Crippen molar-refractivity contribution in [2.75, 3.05) is 5.73 Å². The second kappa shape index (κ2) is 4.29. The topological polar surface area (TPSA) is 38.9 Å². The van der Waals surface area contributed by atoms with Gasteiger partial charge in [-0.1, -0.05) is 11.6 Å². The van der Waals surface area contributed by atoms with Crippen LogP contribution in [-0.4, -0.2) is 4.98 Å². The van der Waals surface area contributed by atoms with Crippen molar-refractivity contribution in [2.24, 2.45) is 0 Å². The molecule has 0 spiro atoms. The number of hydrogen-bond acceptors (Lipinski definition) is 2. The highest BCUT2D eigenvalue weighted by molar-refractivity contribution is 14.1. The van der Waals surface area contributed by atoms with Crippen LogP contribution < -0.4 is 5.73 Å². The van der Waals surface area contributed by atoms with Crippen LogP contribution in [0.5, 0.6) is 0 Å². The van der Waals surface area contributed by atoms with Gasteiger partial charge in [-0.15, -0.1) is 0 Å². The van der Waals surface area contributed by atoms with E-state index >= 15 is 0 Å². The van der Waals surface area contributed by atoms with Gasteiger partial charge in [0.25, 0.3) is 6.43 Å². The molecule has 0 saturated heterocycles. The van der Waals surface area contributed by atoms with Crippen molar-refractivity contribution >= 4 is 50.8 Å². The Balaban J connectivity index is 2.82. The van der Waals surface area contributed by atoms with Crippen molar-refractivity contribution in [1.29, 1.82) is 0 Å². The molecule has 0 radical (unpaired) electrons. The van der Waals surface area contributed by atoms with Gasteiger partial charge in [-0.2, -0.15) is 0 Å². The molecule has 0 aliphatic carbocycles. The van der Waals surface area contributed by atoms with Crippen LogP contribution in [0.4, 0.5) is 14.5 Å². The zero-order valence-electron chi connectivity index (χ0n) is 7.85. The van der Waals surface area contributed by atoms with E-state index in [0.29, 0.717) is 15.9 Å². The summed E-state index contributed by atoms with van der Waals surface area (Å²) < 4.78 is 25.9. The molecule has 2 N–H and O–H groups in total. The summed E-state index contributed by atoms with van der Waals surface area (Å²) in [5.74, 6) is 0. The third kappa shape index (κ3) is 2.06. The van der Waals surface area contributed by atoms with Crippen LogP contribution in [0.25, 0.3) is 10.9 Å². The van der Waals surface area contributed by atoms with Crippen LogP contribution in [0.3, 0.4) is 0 Å². The first-order chi connectivity index (χ1) is 7.49. The number of anilines is 1. The molecule has 1 heterocycles. The van der Waals surface area contributed by atoms with Crippen LogP contribution in [-0.2, 0) is 0 Å². The van der Waals surface area contributed by atoms with E-state index in [0.717, 1.165) is 3.57 Å². The number of pyridine rings is 1. The molecule has 2 aromatic rings. The fourth-order valence-corrected chi connectivity index (χ4v) is 2.48. The second-order valence-electron chi connectivity index (χ2n) is 3.22. The minimum absolute atomic E-state index is 0.265. The van der Waals surface area contributed by atoms with Gasteiger partial charge in [0, 0.05) is 14.6 Å². The lowest BCUT2D eigenvalue weighted by molar-refractivity contribution is 0.146. The summed E-state index contributed by atoms with van der Waals surface area (Å²) >= 11 is 8.02. The van der Waals surface area contributed by atoms with E-state index < -0.39 is 6.43 Å². The summed E-state index contributed by atoms with van der Waals surface area (Å²) in [5.41, 5.74) is 5.93. The number of alkyl halides is 2. The molecule has 16 heavy (non-hydrogen) atoms. The number of halogens is 4. The molecular formula is C10H6ClF2IN2. The molecule has 0 saturated carbocycles. The van der Waals surface area contributed by atoms with Gasteiger partial charge in [0.15, 0.2) is 0 Å². The Morgan fingerprint density at radius 2 is 2.00 bits per heavy atom. The molecule has 0 bridgehead atoms. The predicted octanol–water partition coefficient (Wildman–Crippen LogP) is 4.01. The van der Waals surface area contributed by atoms with E-state index in [9.17, 15) is 8.78 Å². The minimum Gasteiger partial charge on any atom is -0.398 e. The summed E-state index contributed by atoms with van der Waals surface area (Å²) in [6.45, 7) is 0. The Bertz CT molecular complexity index is 560. The standard InChI is InChI=1S/C10H6ClF2IN2/c11-6-2-4(14)1-5-7(15)3-8(10(12)13)16-9(5)6/h1-3,10H,(H2,15,16). The van der Waals surface area contributed by atoms with E-state index in [4.69, 9.17) is 17.3 Å². The SMILES string of the molecule is Nc1cc(C(F)F)nc2c(Cl)cc(I)cc12. The lowest BCUT2D eigenvalue weighted by atomic mass is 10.1. The van der Waals surface area contributed by atoms with E-state index in [1.165, 1.54) is 6.07 Å². The van der Waals surface area contributed by atoms with E-state index in [1.54, 1.807) is 12.1 Å². The summed E-state index contributed by atoms with van der Waals surface area (Å²) in [6, 6.07) is 4.60. The maximum absolute atomic E-state index is 12.5. The normalized spacial score (nSPS) is 11.3. The largest absolute Gasteiger partial charge is 0.398 e. The van der Waals surface area contributed by atoms with Gasteiger partial charge in [0.2, 0.25) is 0 Å². The molecule has 2 nitrogen and oxygen atoms in total. The Hall–Kier alpha value is -0.690. The first-order valence-electron chi connectivity index (χ1n) is 4.32. The average Bonchev–Trinajstić information content (AvgIpc) is 2.19. The first kappa shape index (κ1) is 11.8. The number of nitrogen functional groups attached to an aromatic ring is 1. The van der Waals surface area contributed by atoms with Crippen LogP contribution in [0.1, 0.15) is 12.1 Å². The number of nitrogens with zero attached hydrogens (tertiary/aromatic N) is 1. The van der Waals surface area contributed by atoms with E-state index in [1.807, 2.05) is 0 Å². The third-order valence-corrected chi connectivity index (χ3v) is 3.02. The molecular weight excluding hydrogens is 348 g/mol. The molecule has 84 valence electrons. The Labute approximate surface area is 109 Å². The van der Waals surface area contributed by atoms with Crippen molar-refractivity contribution in [2.45, 2.75) is 6.43 Å². The van der Waals surface area contributed by atoms with Crippen molar-refractivity contribution in [3.63, 3.8) is 0 Å². The molecule has 2 rings (SSSR count). The lowest BCUT2D eigenvalue weighted by Crippen LogP contribution is -1.97. The maximum atomic E-state index is 12.5. The Morgan fingerprint density at radius 1 is 1.31 bits per heavy atom. The highest BCUT2D eigenvalue weighted by atomic mass is 127. The fourth-order valence-electron chi connectivity index (χ4n) is 1.41. The van der Waals surface area contributed by atoms with Crippen molar-refractivity contribution < 1.29 is 8.78 Å². The quantitative estimate of drug-likeness (QED) is 0.786. The highest BCUT2D eigenvalue weighted by Gasteiger charge is 2.14. The lowest BCUT2D eigenvalue weighted by Gasteiger charge is -2.07. The third-order valence-electron chi connectivity index (χ3n) is 2.11. The summed E-state index contributed by atoms with van der Waals surface area (Å²) in [5, 5.41) is 0.928. The van der Waals surface area contributed by atoms with Crippen LogP contribution >= 0.6 is 34.2 Å². The molecule has 1 aromatic heterocycles. The highest BCUT2D eigenvalue weighted by Crippen LogP contribution is 2.31. The fraction of sp³-hybridized carbons (Fsp3) is 0.100. The van der Waals surface area contributed by atoms with Crippen molar-refractivity contribution in [1.82, 2.24) is 4.98 Å². The van der Waals surface area contributed by atoms with E-state index in [2.05, 4.69) is 27.6 Å². The van der Waals surface area contributed by atoms with Crippen LogP contribution in [0.15, 0.2) is 18.2 Å². The number of hydrogen-bond donors (Lipinski definition) is 1. The maximum Gasteiger partial charge on any atom is 0.280 e. The number of rotatable bonds is 1. The zero-order chi connectivity index (χ0) is 11.9. The van der Waals surface area contributed by atoms with Gasteiger partial charge < -0.3 is 5.73 Å². The van der Waals surface area contributed by atoms with Crippen molar-refractivity contribution in [3.05, 3.63) is 32.5 Å². The molecule has 0 amide bonds. The van der Waals surface area contributed by atoms with E-state index in [-0.39, 0.29) is 11.4 Å². The average molecular weight is 355 g/mol. The summed E-state index contributed by atoms with van der Waals surface area (Å²) in [7, 11) is 0. The number of fused-ring (bicyclic) bond motifs is 1.